The molecule has 1 unspecified atom stereocenters. The lowest BCUT2D eigenvalue weighted by atomic mass is 9.93. The first-order chi connectivity index (χ1) is 14.9. The minimum atomic E-state index is -3.91. The summed E-state index contributed by atoms with van der Waals surface area (Å²) in [7, 11) is -3.91. The molecule has 1 atom stereocenters. The van der Waals surface area contributed by atoms with Gasteiger partial charge in [0.15, 0.2) is 5.78 Å². The largest absolute Gasteiger partial charge is 0.352 e. The minimum Gasteiger partial charge on any atom is -0.352 e. The highest BCUT2D eigenvalue weighted by molar-refractivity contribution is 7.92. The molecule has 0 aromatic heterocycles. The number of anilines is 1. The normalized spacial score (nSPS) is 18.6. The highest BCUT2D eigenvalue weighted by Gasteiger charge is 2.33. The van der Waals surface area contributed by atoms with E-state index >= 15 is 0 Å². The third-order valence-electron chi connectivity index (χ3n) is 5.82. The second-order valence-corrected chi connectivity index (χ2v) is 9.59. The van der Waals surface area contributed by atoms with Crippen LogP contribution in [0.4, 0.5) is 11.4 Å². The van der Waals surface area contributed by atoms with Crippen molar-refractivity contribution in [2.75, 3.05) is 4.72 Å². The van der Waals surface area contributed by atoms with Gasteiger partial charge < -0.3 is 5.32 Å². The first kappa shape index (κ1) is 21.2. The van der Waals surface area contributed by atoms with Crippen molar-refractivity contribution in [2.45, 2.75) is 50.0 Å². The molecule has 2 N–H and O–H groups in total. The van der Waals surface area contributed by atoms with Gasteiger partial charge in [-0.15, -0.1) is 0 Å². The molecule has 7 nitrogen and oxygen atoms in total. The molecule has 1 saturated carbocycles. The highest BCUT2D eigenvalue weighted by Crippen LogP contribution is 2.30. The van der Waals surface area contributed by atoms with Gasteiger partial charge in [-0.2, -0.15) is 0 Å². The number of benzene rings is 2. The van der Waals surface area contributed by atoms with Crippen LogP contribution in [0.3, 0.4) is 0 Å². The van der Waals surface area contributed by atoms with Crippen LogP contribution >= 0.6 is 0 Å². The Morgan fingerprint density at radius 3 is 2.61 bits per heavy atom. The number of carbonyl (C=O) groups is 2. The number of amides is 1. The summed E-state index contributed by atoms with van der Waals surface area (Å²) >= 11 is 0. The third kappa shape index (κ3) is 4.39. The van der Waals surface area contributed by atoms with Gasteiger partial charge in [0.2, 0.25) is 5.91 Å². The third-order valence-corrected chi connectivity index (χ3v) is 7.18. The van der Waals surface area contributed by atoms with Gasteiger partial charge in [-0.25, -0.2) is 8.42 Å². The molecule has 4 rings (SSSR count). The Hall–Kier alpha value is -3.00. The van der Waals surface area contributed by atoms with E-state index in [0.717, 1.165) is 31.2 Å². The molecule has 162 valence electrons. The summed E-state index contributed by atoms with van der Waals surface area (Å²) in [6.07, 6.45) is 5.97. The average molecular weight is 440 g/mol. The van der Waals surface area contributed by atoms with Crippen LogP contribution in [0, 0.1) is 5.92 Å². The molecular weight excluding hydrogens is 414 g/mol. The molecule has 2 aromatic rings. The molecule has 2 aliphatic rings. The van der Waals surface area contributed by atoms with E-state index in [-0.39, 0.29) is 22.4 Å². The number of aryl methyl sites for hydroxylation is 1. The van der Waals surface area contributed by atoms with Crippen molar-refractivity contribution in [2.24, 2.45) is 10.9 Å². The fourth-order valence-electron chi connectivity index (χ4n) is 4.06. The van der Waals surface area contributed by atoms with E-state index in [1.165, 1.54) is 24.4 Å². The van der Waals surface area contributed by atoms with E-state index in [2.05, 4.69) is 15.0 Å². The van der Waals surface area contributed by atoms with Gasteiger partial charge in [0.1, 0.15) is 5.92 Å². The maximum absolute atomic E-state index is 13.0. The topological polar surface area (TPSA) is 105 Å². The molecule has 8 heteroatoms. The van der Waals surface area contributed by atoms with Gasteiger partial charge in [-0.3, -0.25) is 19.3 Å². The molecular formula is C23H25N3O4S. The summed E-state index contributed by atoms with van der Waals surface area (Å²) in [5, 5.41) is 2.92. The van der Waals surface area contributed by atoms with Crippen LogP contribution in [0.25, 0.3) is 0 Å². The highest BCUT2D eigenvalue weighted by atomic mass is 32.2. The van der Waals surface area contributed by atoms with Crippen LogP contribution < -0.4 is 10.0 Å². The molecule has 1 aliphatic carbocycles. The molecule has 1 heterocycles. The number of aliphatic imine (C=N–C) groups is 1. The van der Waals surface area contributed by atoms with Crippen LogP contribution in [-0.2, 0) is 21.2 Å². The molecule has 1 amide bonds. The monoisotopic (exact) mass is 439 g/mol. The Kier molecular flexibility index (Phi) is 5.91. The molecule has 0 radical (unpaired) electrons. The van der Waals surface area contributed by atoms with Crippen molar-refractivity contribution in [1.29, 1.82) is 0 Å². The zero-order valence-electron chi connectivity index (χ0n) is 17.3. The van der Waals surface area contributed by atoms with E-state index in [0.29, 0.717) is 17.8 Å². The predicted molar refractivity (Wildman–Crippen MR) is 119 cm³/mol. The van der Waals surface area contributed by atoms with Crippen molar-refractivity contribution in [3.8, 4) is 0 Å². The number of hydrogen-bond donors (Lipinski definition) is 2. The number of nitrogens with one attached hydrogen (secondary N) is 2. The zero-order valence-corrected chi connectivity index (χ0v) is 18.1. The quantitative estimate of drug-likeness (QED) is 0.671. The van der Waals surface area contributed by atoms with Crippen molar-refractivity contribution >= 4 is 39.3 Å². The summed E-state index contributed by atoms with van der Waals surface area (Å²) in [5.41, 5.74) is 1.87. The predicted octanol–water partition coefficient (Wildman–Crippen LogP) is 3.62. The van der Waals surface area contributed by atoms with Crippen LogP contribution in [0.2, 0.25) is 0 Å². The Bertz CT molecular complexity index is 1150. The van der Waals surface area contributed by atoms with Gasteiger partial charge >= 0.3 is 0 Å². The number of hydrogen-bond acceptors (Lipinski definition) is 5. The number of nitrogens with zero attached hydrogens (tertiary/aromatic N) is 1. The van der Waals surface area contributed by atoms with Gasteiger partial charge in [0, 0.05) is 17.8 Å². The van der Waals surface area contributed by atoms with Crippen molar-refractivity contribution in [3.05, 3.63) is 53.6 Å². The smallest absolute Gasteiger partial charge is 0.261 e. The molecule has 0 spiro atoms. The van der Waals surface area contributed by atoms with Crippen molar-refractivity contribution in [3.63, 3.8) is 0 Å². The van der Waals surface area contributed by atoms with Crippen molar-refractivity contribution < 1.29 is 18.0 Å². The number of fused-ring (bicyclic) bond motifs is 1. The summed E-state index contributed by atoms with van der Waals surface area (Å²) < 4.78 is 28.5. The first-order valence-corrected chi connectivity index (χ1v) is 12.0. The number of sulfonamides is 1. The molecule has 0 bridgehead atoms. The summed E-state index contributed by atoms with van der Waals surface area (Å²) in [6.45, 7) is 1.94. The number of ketones is 1. The summed E-state index contributed by atoms with van der Waals surface area (Å²) in [6, 6.07) is 11.5. The van der Waals surface area contributed by atoms with Crippen LogP contribution in [0.15, 0.2) is 52.4 Å². The Morgan fingerprint density at radius 1 is 1.13 bits per heavy atom. The van der Waals surface area contributed by atoms with Gasteiger partial charge in [-0.05, 0) is 49.1 Å². The maximum Gasteiger partial charge on any atom is 0.261 e. The van der Waals surface area contributed by atoms with E-state index in [4.69, 9.17) is 0 Å². The maximum atomic E-state index is 13.0. The number of carbonyl (C=O) groups excluding carboxylic acids is 2. The zero-order chi connectivity index (χ0) is 22.0. The fourth-order valence-corrected chi connectivity index (χ4v) is 5.19. The SMILES string of the molecule is CCc1ccccc1NS(=O)(=O)c1ccc2c(c1)C(=O)C(C(=O)NC1CCCC1)C=N2. The number of para-hydroxylation sites is 1. The lowest BCUT2D eigenvalue weighted by Crippen LogP contribution is -2.42. The van der Waals surface area contributed by atoms with Gasteiger partial charge in [0.25, 0.3) is 10.0 Å². The standard InChI is InChI=1S/C23H25N3O4S/c1-2-15-7-3-6-10-20(15)26-31(29,30)17-11-12-21-18(13-17)22(27)19(14-24-21)23(28)25-16-8-4-5-9-16/h3,6-7,10-14,16,19,26H,2,4-5,8-9H2,1H3,(H,25,28). The van der Waals surface area contributed by atoms with E-state index in [1.807, 2.05) is 19.1 Å². The molecule has 1 fully saturated rings. The molecule has 31 heavy (non-hydrogen) atoms. The summed E-state index contributed by atoms with van der Waals surface area (Å²) in [5.74, 6) is -1.86. The Balaban J connectivity index is 1.58. The Labute approximate surface area is 182 Å². The average Bonchev–Trinajstić information content (AvgIpc) is 3.27. The van der Waals surface area contributed by atoms with Crippen LogP contribution in [-0.4, -0.2) is 32.4 Å². The summed E-state index contributed by atoms with van der Waals surface area (Å²) in [4.78, 5) is 29.8. The Morgan fingerprint density at radius 2 is 1.87 bits per heavy atom. The van der Waals surface area contributed by atoms with E-state index in [9.17, 15) is 18.0 Å². The van der Waals surface area contributed by atoms with E-state index in [1.54, 1.807) is 12.1 Å². The lowest BCUT2D eigenvalue weighted by molar-refractivity contribution is -0.122. The second kappa shape index (κ2) is 8.63. The second-order valence-electron chi connectivity index (χ2n) is 7.91. The molecule has 1 aliphatic heterocycles. The van der Waals surface area contributed by atoms with Crippen LogP contribution in [0.1, 0.15) is 48.5 Å². The number of Topliss-reactive ketones (excluding diaryl/α,β-unsaturated/α-hetero) is 1. The van der Waals surface area contributed by atoms with Crippen LogP contribution in [0.5, 0.6) is 0 Å². The molecule has 0 saturated heterocycles. The number of rotatable bonds is 6. The molecule has 2 aromatic carbocycles. The lowest BCUT2D eigenvalue weighted by Gasteiger charge is -2.20. The minimum absolute atomic E-state index is 0.0439. The fraction of sp³-hybridized carbons (Fsp3) is 0.348. The van der Waals surface area contributed by atoms with Crippen molar-refractivity contribution in [1.82, 2.24) is 5.32 Å². The van der Waals surface area contributed by atoms with E-state index < -0.39 is 21.7 Å². The van der Waals surface area contributed by atoms with Gasteiger partial charge in [-0.1, -0.05) is 38.0 Å². The first-order valence-electron chi connectivity index (χ1n) is 10.5. The van der Waals surface area contributed by atoms with Gasteiger partial charge in [0.05, 0.1) is 16.3 Å².